The van der Waals surface area contributed by atoms with Crippen LogP contribution in [0.5, 0.6) is 0 Å². The Morgan fingerprint density at radius 3 is 2.45 bits per heavy atom. The molecular weight excluding hydrogens is 390 g/mol. The fourth-order valence-corrected chi connectivity index (χ4v) is 3.38. The first-order valence-electron chi connectivity index (χ1n) is 8.72. The third-order valence-corrected chi connectivity index (χ3v) is 5.35. The van der Waals surface area contributed by atoms with E-state index in [9.17, 15) is 8.42 Å². The normalized spacial score (nSPS) is 11.6. The van der Waals surface area contributed by atoms with Crippen LogP contribution in [0.2, 0.25) is 0 Å². The summed E-state index contributed by atoms with van der Waals surface area (Å²) >= 11 is 0. The molecule has 0 saturated heterocycles. The molecule has 0 unspecified atom stereocenters. The van der Waals surface area contributed by atoms with E-state index < -0.39 is 10.0 Å². The molecule has 9 nitrogen and oxygen atoms in total. The molecule has 0 aliphatic carbocycles. The number of nitrogens with one attached hydrogen (secondary N) is 2. The van der Waals surface area contributed by atoms with Crippen LogP contribution in [0.3, 0.4) is 0 Å². The highest BCUT2D eigenvalue weighted by Crippen LogP contribution is 2.24. The van der Waals surface area contributed by atoms with Gasteiger partial charge in [-0.25, -0.2) is 18.5 Å². The molecule has 0 bridgehead atoms. The van der Waals surface area contributed by atoms with Crippen molar-refractivity contribution >= 4 is 44.1 Å². The Kier molecular flexibility index (Phi) is 4.65. The monoisotopic (exact) mass is 409 g/mol. The van der Waals surface area contributed by atoms with Crippen molar-refractivity contribution in [3.8, 4) is 0 Å². The largest absolute Gasteiger partial charge is 0.340 e. The van der Waals surface area contributed by atoms with Gasteiger partial charge in [-0.15, -0.1) is 0 Å². The zero-order chi connectivity index (χ0) is 20.6. The van der Waals surface area contributed by atoms with E-state index in [1.54, 1.807) is 18.3 Å². The van der Waals surface area contributed by atoms with Crippen molar-refractivity contribution in [2.75, 3.05) is 10.6 Å². The van der Waals surface area contributed by atoms with E-state index in [4.69, 9.17) is 5.14 Å². The van der Waals surface area contributed by atoms with Crippen LogP contribution in [0.15, 0.2) is 59.8 Å². The summed E-state index contributed by atoms with van der Waals surface area (Å²) in [4.78, 5) is 8.85. The summed E-state index contributed by atoms with van der Waals surface area (Å²) < 4.78 is 24.5. The fraction of sp³-hybridized carbons (Fsp3) is 0.105. The number of hydrogen-bond acceptors (Lipinski definition) is 7. The quantitative estimate of drug-likeness (QED) is 0.462. The minimum atomic E-state index is -3.73. The number of benzene rings is 2. The van der Waals surface area contributed by atoms with Crippen LogP contribution < -0.4 is 15.8 Å². The van der Waals surface area contributed by atoms with Gasteiger partial charge in [-0.05, 0) is 49.4 Å². The van der Waals surface area contributed by atoms with Crippen molar-refractivity contribution < 1.29 is 8.42 Å². The molecule has 0 saturated carbocycles. The average Bonchev–Trinajstić information content (AvgIpc) is 3.04. The number of primary sulfonamides is 1. The zero-order valence-corrected chi connectivity index (χ0v) is 16.6. The molecule has 2 aromatic carbocycles. The maximum absolute atomic E-state index is 11.4. The molecule has 2 aromatic heterocycles. The average molecular weight is 409 g/mol. The van der Waals surface area contributed by atoms with Crippen LogP contribution in [-0.4, -0.2) is 28.2 Å². The van der Waals surface area contributed by atoms with Gasteiger partial charge in [-0.1, -0.05) is 0 Å². The van der Waals surface area contributed by atoms with Crippen LogP contribution in [0.4, 0.5) is 23.1 Å². The summed E-state index contributed by atoms with van der Waals surface area (Å²) in [5.74, 6) is 1.04. The zero-order valence-electron chi connectivity index (χ0n) is 15.8. The van der Waals surface area contributed by atoms with Crippen molar-refractivity contribution in [1.82, 2.24) is 19.7 Å². The number of anilines is 4. The lowest BCUT2D eigenvalue weighted by atomic mass is 10.2. The standard InChI is InChI=1S/C19H19N7O2S/c1-12-10-21-19(24-14-3-6-16(7-4-14)29(20,27)28)25-18(12)23-15-5-8-17-13(9-15)11-22-26(17)2/h3-11H,1-2H3,(H2,20,27,28)(H2,21,23,24,25). The highest BCUT2D eigenvalue weighted by molar-refractivity contribution is 7.89. The lowest BCUT2D eigenvalue weighted by molar-refractivity contribution is 0.598. The minimum absolute atomic E-state index is 0.0426. The van der Waals surface area contributed by atoms with Gasteiger partial charge in [0.05, 0.1) is 16.6 Å². The van der Waals surface area contributed by atoms with Crippen LogP contribution in [-0.2, 0) is 17.1 Å². The number of fused-ring (bicyclic) bond motifs is 1. The topological polar surface area (TPSA) is 128 Å². The van der Waals surface area contributed by atoms with Crippen molar-refractivity contribution in [2.24, 2.45) is 12.2 Å². The van der Waals surface area contributed by atoms with Crippen LogP contribution in [0.1, 0.15) is 5.56 Å². The lowest BCUT2D eigenvalue weighted by Crippen LogP contribution is -2.11. The summed E-state index contributed by atoms with van der Waals surface area (Å²) in [5.41, 5.74) is 3.45. The lowest BCUT2D eigenvalue weighted by Gasteiger charge is -2.11. The number of rotatable bonds is 5. The van der Waals surface area contributed by atoms with Gasteiger partial charge in [-0.3, -0.25) is 4.68 Å². The van der Waals surface area contributed by atoms with Gasteiger partial charge in [-0.2, -0.15) is 10.1 Å². The molecule has 0 spiro atoms. The van der Waals surface area contributed by atoms with E-state index in [0.29, 0.717) is 17.5 Å². The number of nitrogens with two attached hydrogens (primary N) is 1. The molecule has 4 aromatic rings. The van der Waals surface area contributed by atoms with Crippen molar-refractivity contribution in [1.29, 1.82) is 0 Å². The Labute approximate surface area is 167 Å². The first-order valence-corrected chi connectivity index (χ1v) is 10.3. The Balaban J connectivity index is 1.56. The molecule has 0 atom stereocenters. The third kappa shape index (κ3) is 4.03. The van der Waals surface area contributed by atoms with E-state index in [2.05, 4.69) is 25.7 Å². The van der Waals surface area contributed by atoms with Gasteiger partial charge in [0.25, 0.3) is 0 Å². The number of nitrogens with zero attached hydrogens (tertiary/aromatic N) is 4. The maximum atomic E-state index is 11.4. The molecule has 148 valence electrons. The molecule has 0 fully saturated rings. The summed E-state index contributed by atoms with van der Waals surface area (Å²) in [7, 11) is -1.83. The Hall–Kier alpha value is -3.50. The number of aromatic nitrogens is 4. The second-order valence-electron chi connectivity index (χ2n) is 6.59. The smallest absolute Gasteiger partial charge is 0.238 e. The van der Waals surface area contributed by atoms with E-state index in [-0.39, 0.29) is 4.90 Å². The van der Waals surface area contributed by atoms with Crippen LogP contribution >= 0.6 is 0 Å². The summed E-state index contributed by atoms with van der Waals surface area (Å²) in [6, 6.07) is 12.0. The molecule has 0 aliphatic heterocycles. The Morgan fingerprint density at radius 1 is 1.00 bits per heavy atom. The summed E-state index contributed by atoms with van der Waals surface area (Å²) in [6.45, 7) is 1.91. The molecule has 2 heterocycles. The minimum Gasteiger partial charge on any atom is -0.340 e. The number of hydrogen-bond donors (Lipinski definition) is 3. The van der Waals surface area contributed by atoms with E-state index >= 15 is 0 Å². The van der Waals surface area contributed by atoms with E-state index in [1.165, 1.54) is 12.1 Å². The summed E-state index contributed by atoms with van der Waals surface area (Å²) in [6.07, 6.45) is 3.52. The van der Waals surface area contributed by atoms with Gasteiger partial charge >= 0.3 is 0 Å². The van der Waals surface area contributed by atoms with Gasteiger partial charge < -0.3 is 10.6 Å². The predicted octanol–water partition coefficient (Wildman–Crippen LogP) is 2.81. The molecular formula is C19H19N7O2S. The van der Waals surface area contributed by atoms with Crippen molar-refractivity contribution in [2.45, 2.75) is 11.8 Å². The van der Waals surface area contributed by atoms with E-state index in [0.717, 1.165) is 22.2 Å². The summed E-state index contributed by atoms with van der Waals surface area (Å²) in [5, 5.41) is 16.8. The Morgan fingerprint density at radius 2 is 1.72 bits per heavy atom. The van der Waals surface area contributed by atoms with E-state index in [1.807, 2.05) is 43.0 Å². The number of sulfonamides is 1. The van der Waals surface area contributed by atoms with Gasteiger partial charge in [0.2, 0.25) is 16.0 Å². The van der Waals surface area contributed by atoms with Crippen LogP contribution in [0, 0.1) is 6.92 Å². The highest BCUT2D eigenvalue weighted by Gasteiger charge is 2.09. The molecule has 4 rings (SSSR count). The molecule has 0 radical (unpaired) electrons. The highest BCUT2D eigenvalue weighted by atomic mass is 32.2. The van der Waals surface area contributed by atoms with Gasteiger partial charge in [0.15, 0.2) is 0 Å². The molecule has 0 aliphatic rings. The Bertz CT molecular complexity index is 1300. The molecule has 0 amide bonds. The SMILES string of the molecule is Cc1cnc(Nc2ccc(S(N)(=O)=O)cc2)nc1Nc1ccc2c(cnn2C)c1. The number of aryl methyl sites for hydroxylation is 2. The van der Waals surface area contributed by atoms with Gasteiger partial charge in [0, 0.05) is 35.6 Å². The predicted molar refractivity (Wildman–Crippen MR) is 112 cm³/mol. The first kappa shape index (κ1) is 18.8. The molecule has 4 N–H and O–H groups in total. The van der Waals surface area contributed by atoms with Gasteiger partial charge in [0.1, 0.15) is 5.82 Å². The second-order valence-corrected chi connectivity index (χ2v) is 8.15. The second kappa shape index (κ2) is 7.15. The first-order chi connectivity index (χ1) is 13.8. The fourth-order valence-electron chi connectivity index (χ4n) is 2.86. The van der Waals surface area contributed by atoms with Crippen molar-refractivity contribution in [3.05, 3.63) is 60.4 Å². The molecule has 29 heavy (non-hydrogen) atoms. The third-order valence-electron chi connectivity index (χ3n) is 4.42. The maximum Gasteiger partial charge on any atom is 0.238 e. The molecule has 10 heteroatoms. The van der Waals surface area contributed by atoms with Crippen molar-refractivity contribution in [3.63, 3.8) is 0 Å². The van der Waals surface area contributed by atoms with Crippen LogP contribution in [0.25, 0.3) is 10.9 Å².